The highest BCUT2D eigenvalue weighted by molar-refractivity contribution is 7.99. The van der Waals surface area contributed by atoms with Gasteiger partial charge in [0.15, 0.2) is 0 Å². The van der Waals surface area contributed by atoms with Crippen LogP contribution in [0.4, 0.5) is 17.5 Å². The second-order valence-electron chi connectivity index (χ2n) is 7.95. The van der Waals surface area contributed by atoms with Gasteiger partial charge in [0.25, 0.3) is 5.91 Å². The van der Waals surface area contributed by atoms with Gasteiger partial charge in [-0.1, -0.05) is 36.7 Å². The van der Waals surface area contributed by atoms with Crippen molar-refractivity contribution in [3.63, 3.8) is 0 Å². The number of rotatable bonds is 8. The molecule has 8 nitrogen and oxygen atoms in total. The molecular formula is C24H28N6O2S. The fourth-order valence-electron chi connectivity index (χ4n) is 3.81. The number of hydrogen-bond acceptors (Lipinski definition) is 8. The zero-order valence-corrected chi connectivity index (χ0v) is 19.3. The monoisotopic (exact) mass is 464 g/mol. The number of nitrogens with two attached hydrogens (primary N) is 2. The van der Waals surface area contributed by atoms with Crippen molar-refractivity contribution in [1.82, 2.24) is 9.97 Å². The van der Waals surface area contributed by atoms with Gasteiger partial charge in [-0.2, -0.15) is 4.98 Å². The van der Waals surface area contributed by atoms with Gasteiger partial charge in [-0.3, -0.25) is 4.79 Å². The van der Waals surface area contributed by atoms with Crippen LogP contribution in [0.5, 0.6) is 5.75 Å². The summed E-state index contributed by atoms with van der Waals surface area (Å²) < 4.78 is 5.31. The summed E-state index contributed by atoms with van der Waals surface area (Å²) in [6, 6.07) is 15.9. The van der Waals surface area contributed by atoms with E-state index in [4.69, 9.17) is 16.2 Å². The van der Waals surface area contributed by atoms with Gasteiger partial charge in [-0.25, -0.2) is 4.98 Å². The van der Waals surface area contributed by atoms with Gasteiger partial charge in [0.2, 0.25) is 5.95 Å². The molecule has 0 aliphatic heterocycles. The van der Waals surface area contributed by atoms with E-state index in [1.54, 1.807) is 18.9 Å². The Balaban J connectivity index is 1.54. The summed E-state index contributed by atoms with van der Waals surface area (Å²) in [5.41, 5.74) is 12.8. The lowest BCUT2D eigenvalue weighted by molar-refractivity contribution is 0.100. The van der Waals surface area contributed by atoms with E-state index in [0.717, 1.165) is 46.9 Å². The van der Waals surface area contributed by atoms with Crippen LogP contribution in [0.1, 0.15) is 36.0 Å². The van der Waals surface area contributed by atoms with E-state index in [1.807, 2.05) is 48.5 Å². The van der Waals surface area contributed by atoms with Crippen molar-refractivity contribution in [2.45, 2.75) is 47.6 Å². The van der Waals surface area contributed by atoms with Crippen LogP contribution < -0.4 is 26.8 Å². The number of methoxy groups -OCH3 is 1. The predicted octanol–water partition coefficient (Wildman–Crippen LogP) is 4.16. The fourth-order valence-corrected chi connectivity index (χ4v) is 4.73. The summed E-state index contributed by atoms with van der Waals surface area (Å²) in [7, 11) is 1.65. The van der Waals surface area contributed by atoms with Crippen molar-refractivity contribution in [2.75, 3.05) is 17.7 Å². The normalized spacial score (nSPS) is 17.9. The molecule has 1 amide bonds. The van der Waals surface area contributed by atoms with Gasteiger partial charge in [0, 0.05) is 33.8 Å². The van der Waals surface area contributed by atoms with Crippen LogP contribution in [0.15, 0.2) is 64.5 Å². The first-order valence-electron chi connectivity index (χ1n) is 10.9. The number of amides is 1. The summed E-state index contributed by atoms with van der Waals surface area (Å²) in [5, 5.41) is 6.55. The van der Waals surface area contributed by atoms with E-state index in [0.29, 0.717) is 11.8 Å². The van der Waals surface area contributed by atoms with E-state index in [1.165, 1.54) is 6.20 Å². The molecule has 0 spiro atoms. The Morgan fingerprint density at radius 1 is 1.12 bits per heavy atom. The maximum atomic E-state index is 12.0. The zero-order chi connectivity index (χ0) is 23.2. The minimum atomic E-state index is -0.597. The van der Waals surface area contributed by atoms with Crippen LogP contribution in [0.3, 0.4) is 0 Å². The molecule has 2 atom stereocenters. The Morgan fingerprint density at radius 3 is 2.64 bits per heavy atom. The van der Waals surface area contributed by atoms with E-state index in [-0.39, 0.29) is 17.6 Å². The highest BCUT2D eigenvalue weighted by Crippen LogP contribution is 2.32. The third kappa shape index (κ3) is 5.94. The lowest BCUT2D eigenvalue weighted by Gasteiger charge is -2.29. The molecule has 1 fully saturated rings. The molecule has 3 aromatic rings. The average molecular weight is 465 g/mol. The third-order valence-electron chi connectivity index (χ3n) is 5.56. The van der Waals surface area contributed by atoms with Gasteiger partial charge in [0.1, 0.15) is 17.1 Å². The van der Waals surface area contributed by atoms with Crippen LogP contribution in [-0.2, 0) is 0 Å². The molecule has 1 aromatic heterocycles. The fraction of sp³-hybridized carbons (Fsp3) is 0.292. The first-order chi connectivity index (χ1) is 16.0. The largest absolute Gasteiger partial charge is 0.497 e. The van der Waals surface area contributed by atoms with Gasteiger partial charge < -0.3 is 26.8 Å². The number of ether oxygens (including phenoxy) is 1. The highest BCUT2D eigenvalue weighted by Gasteiger charge is 2.23. The summed E-state index contributed by atoms with van der Waals surface area (Å²) in [6.45, 7) is 0. The minimum absolute atomic E-state index is 0.0555. The Labute approximate surface area is 197 Å². The zero-order valence-electron chi connectivity index (χ0n) is 18.5. The number of nitrogens with one attached hydrogen (secondary N) is 2. The number of nitrogens with zero attached hydrogens (tertiary/aromatic N) is 2. The second kappa shape index (κ2) is 10.5. The maximum absolute atomic E-state index is 12.0. The minimum Gasteiger partial charge on any atom is -0.497 e. The van der Waals surface area contributed by atoms with Gasteiger partial charge in [-0.05, 0) is 49.2 Å². The van der Waals surface area contributed by atoms with Crippen molar-refractivity contribution in [1.29, 1.82) is 0 Å². The molecule has 0 radical (unpaired) electrons. The summed E-state index contributed by atoms with van der Waals surface area (Å²) in [5.74, 6) is 0.985. The molecule has 1 saturated carbocycles. The summed E-state index contributed by atoms with van der Waals surface area (Å²) in [6.07, 6.45) is 5.64. The molecule has 6 N–H and O–H groups in total. The molecule has 1 aliphatic rings. The number of aromatic nitrogens is 2. The lowest BCUT2D eigenvalue weighted by atomic mass is 9.91. The van der Waals surface area contributed by atoms with E-state index in [9.17, 15) is 4.79 Å². The van der Waals surface area contributed by atoms with Crippen molar-refractivity contribution >= 4 is 35.1 Å². The smallest absolute Gasteiger partial charge is 0.254 e. The molecule has 9 heteroatoms. The van der Waals surface area contributed by atoms with Crippen molar-refractivity contribution in [2.24, 2.45) is 11.5 Å². The van der Waals surface area contributed by atoms with Crippen molar-refractivity contribution in [3.05, 3.63) is 60.3 Å². The van der Waals surface area contributed by atoms with Crippen LogP contribution >= 0.6 is 11.8 Å². The van der Waals surface area contributed by atoms with E-state index < -0.39 is 5.91 Å². The topological polar surface area (TPSA) is 128 Å². The quantitative estimate of drug-likeness (QED) is 0.391. The molecule has 33 heavy (non-hydrogen) atoms. The first kappa shape index (κ1) is 22.9. The Hall–Kier alpha value is -3.30. The molecule has 1 heterocycles. The van der Waals surface area contributed by atoms with Crippen LogP contribution in [0.2, 0.25) is 0 Å². The van der Waals surface area contributed by atoms with Crippen LogP contribution in [0.25, 0.3) is 0 Å². The molecule has 1 aliphatic carbocycles. The van der Waals surface area contributed by atoms with Crippen molar-refractivity contribution < 1.29 is 9.53 Å². The number of primary amides is 1. The van der Waals surface area contributed by atoms with Crippen LogP contribution in [0, 0.1) is 0 Å². The standard InChI is InChI=1S/C24H28N6O2S/c1-32-16-7-5-9-18(13-16)33-17-8-4-6-15(12-17)28-23-19(22(26)31)14-27-24(30-23)29-21-11-3-2-10-20(21)25/h4-9,12-14,20-21H,2-3,10-11,25H2,1H3,(H2,26,31)(H2,27,28,29,30)/t20-,21+/m0/s1. The number of benzene rings is 2. The molecule has 172 valence electrons. The summed E-state index contributed by atoms with van der Waals surface area (Å²) >= 11 is 1.61. The van der Waals surface area contributed by atoms with Gasteiger partial charge in [0.05, 0.1) is 7.11 Å². The number of carbonyl (C=O) groups is 1. The number of hydrogen-bond donors (Lipinski definition) is 4. The SMILES string of the molecule is COc1cccc(Sc2cccc(Nc3nc(N[C@@H]4CCCC[C@@H]4N)ncc3C(N)=O)c2)c1. The third-order valence-corrected chi connectivity index (χ3v) is 6.54. The molecule has 0 saturated heterocycles. The molecule has 0 bridgehead atoms. The van der Waals surface area contributed by atoms with Gasteiger partial charge in [-0.15, -0.1) is 0 Å². The number of carbonyl (C=O) groups excluding carboxylic acids is 1. The Kier molecular flexibility index (Phi) is 7.31. The molecule has 2 aromatic carbocycles. The molecule has 0 unspecified atom stereocenters. The molecule has 4 rings (SSSR count). The Morgan fingerprint density at radius 2 is 1.88 bits per heavy atom. The van der Waals surface area contributed by atoms with Crippen molar-refractivity contribution in [3.8, 4) is 5.75 Å². The first-order valence-corrected chi connectivity index (χ1v) is 11.7. The van der Waals surface area contributed by atoms with Gasteiger partial charge >= 0.3 is 0 Å². The average Bonchev–Trinajstić information content (AvgIpc) is 2.81. The molecular weight excluding hydrogens is 436 g/mol. The summed E-state index contributed by atoms with van der Waals surface area (Å²) in [4.78, 5) is 22.9. The van der Waals surface area contributed by atoms with E-state index >= 15 is 0 Å². The maximum Gasteiger partial charge on any atom is 0.254 e. The lowest BCUT2D eigenvalue weighted by Crippen LogP contribution is -2.43. The Bertz CT molecular complexity index is 1130. The number of anilines is 3. The van der Waals surface area contributed by atoms with Crippen LogP contribution in [-0.4, -0.2) is 35.1 Å². The van der Waals surface area contributed by atoms with E-state index in [2.05, 4.69) is 20.6 Å². The highest BCUT2D eigenvalue weighted by atomic mass is 32.2. The second-order valence-corrected chi connectivity index (χ2v) is 9.10. The predicted molar refractivity (Wildman–Crippen MR) is 131 cm³/mol.